The van der Waals surface area contributed by atoms with Gasteiger partial charge >= 0.3 is 6.03 Å². The number of aromatic nitrogens is 1. The number of rotatable bonds is 6. The fraction of sp³-hybridized carbons (Fsp3) is 0.238. The van der Waals surface area contributed by atoms with Gasteiger partial charge in [0.1, 0.15) is 5.54 Å². The molecule has 4 amide bonds. The zero-order valence-corrected chi connectivity index (χ0v) is 16.7. The van der Waals surface area contributed by atoms with E-state index in [4.69, 9.17) is 0 Å². The van der Waals surface area contributed by atoms with Gasteiger partial charge in [-0.3, -0.25) is 15.0 Å². The van der Waals surface area contributed by atoms with Crippen molar-refractivity contribution in [1.29, 1.82) is 0 Å². The zero-order chi connectivity index (χ0) is 20.4. The number of aryl methyl sites for hydroxylation is 1. The quantitative estimate of drug-likeness (QED) is 0.613. The molecule has 0 saturated carbocycles. The number of nitrogens with zero attached hydrogens (tertiary/aromatic N) is 2. The minimum atomic E-state index is -1.17. The molecular formula is C21H20N4O3S. The number of amides is 4. The third-order valence-electron chi connectivity index (χ3n) is 5.03. The molecule has 2 N–H and O–H groups in total. The van der Waals surface area contributed by atoms with Crippen LogP contribution in [0.4, 0.5) is 4.79 Å². The van der Waals surface area contributed by atoms with Crippen molar-refractivity contribution < 1.29 is 14.4 Å². The molecule has 1 atom stereocenters. The Morgan fingerprint density at radius 2 is 1.86 bits per heavy atom. The lowest BCUT2D eigenvalue weighted by Crippen LogP contribution is -2.48. The van der Waals surface area contributed by atoms with E-state index in [-0.39, 0.29) is 6.42 Å². The highest BCUT2D eigenvalue weighted by Crippen LogP contribution is 2.31. The highest BCUT2D eigenvalue weighted by atomic mass is 32.1. The molecule has 1 aliphatic heterocycles. The van der Waals surface area contributed by atoms with E-state index >= 15 is 0 Å². The van der Waals surface area contributed by atoms with Crippen LogP contribution < -0.4 is 10.7 Å². The minimum Gasteiger partial charge on any atom is -0.318 e. The fourth-order valence-electron chi connectivity index (χ4n) is 3.47. The van der Waals surface area contributed by atoms with Gasteiger partial charge in [-0.2, -0.15) is 5.01 Å². The van der Waals surface area contributed by atoms with Gasteiger partial charge in [0, 0.05) is 12.8 Å². The molecule has 29 heavy (non-hydrogen) atoms. The van der Waals surface area contributed by atoms with Crippen molar-refractivity contribution >= 4 is 39.4 Å². The van der Waals surface area contributed by atoms with Crippen LogP contribution in [0, 0.1) is 0 Å². The first-order valence-electron chi connectivity index (χ1n) is 9.39. The predicted molar refractivity (Wildman–Crippen MR) is 110 cm³/mol. The van der Waals surface area contributed by atoms with Gasteiger partial charge in [-0.15, -0.1) is 11.3 Å². The average molecular weight is 408 g/mol. The number of imide groups is 1. The summed E-state index contributed by atoms with van der Waals surface area (Å²) in [6, 6.07) is 16.2. The van der Waals surface area contributed by atoms with E-state index < -0.39 is 23.4 Å². The van der Waals surface area contributed by atoms with Crippen LogP contribution in [0.25, 0.3) is 10.2 Å². The second kappa shape index (κ2) is 7.63. The van der Waals surface area contributed by atoms with Gasteiger partial charge in [0.05, 0.1) is 15.2 Å². The number of hydrazine groups is 1. The summed E-state index contributed by atoms with van der Waals surface area (Å²) < 4.78 is 1.06. The summed E-state index contributed by atoms with van der Waals surface area (Å²) in [6.45, 7) is 1.82. The summed E-state index contributed by atoms with van der Waals surface area (Å²) in [4.78, 5) is 42.4. The number of thiazole rings is 1. The number of carbonyl (C=O) groups excluding carboxylic acids is 3. The molecule has 0 aliphatic carbocycles. The third kappa shape index (κ3) is 3.47. The summed E-state index contributed by atoms with van der Waals surface area (Å²) in [5.74, 6) is -0.891. The Morgan fingerprint density at radius 3 is 2.59 bits per heavy atom. The maximum absolute atomic E-state index is 13.0. The van der Waals surface area contributed by atoms with Gasteiger partial charge in [-0.1, -0.05) is 49.4 Å². The second-order valence-corrected chi connectivity index (χ2v) is 7.92. The molecule has 0 radical (unpaired) electrons. The maximum Gasteiger partial charge on any atom is 0.344 e. The molecule has 2 aromatic carbocycles. The summed E-state index contributed by atoms with van der Waals surface area (Å²) in [5.41, 5.74) is 2.87. The molecular weight excluding hydrogens is 388 g/mol. The largest absolute Gasteiger partial charge is 0.344 e. The Bertz CT molecular complexity index is 1050. The number of hydrogen-bond donors (Lipinski definition) is 2. The molecule has 148 valence electrons. The number of para-hydroxylation sites is 1. The number of fused-ring (bicyclic) bond motifs is 1. The van der Waals surface area contributed by atoms with Crippen LogP contribution >= 0.6 is 11.3 Å². The van der Waals surface area contributed by atoms with Crippen LogP contribution in [0.3, 0.4) is 0 Å². The maximum atomic E-state index is 13.0. The Labute approximate surface area is 171 Å². The number of hydrogen-bond acceptors (Lipinski definition) is 5. The zero-order valence-electron chi connectivity index (χ0n) is 15.8. The van der Waals surface area contributed by atoms with Crippen LogP contribution in [-0.2, 0) is 21.5 Å². The summed E-state index contributed by atoms with van der Waals surface area (Å²) in [7, 11) is 0. The Hall–Kier alpha value is -3.26. The highest BCUT2D eigenvalue weighted by molar-refractivity contribution is 7.18. The van der Waals surface area contributed by atoms with Crippen molar-refractivity contribution in [2.45, 2.75) is 31.7 Å². The molecule has 1 saturated heterocycles. The molecule has 3 aromatic rings. The molecule has 2 heterocycles. The Kier molecular flexibility index (Phi) is 5.02. The molecule has 0 unspecified atom stereocenters. The van der Waals surface area contributed by atoms with Gasteiger partial charge in [0.2, 0.25) is 5.91 Å². The molecule has 1 aromatic heterocycles. The van der Waals surface area contributed by atoms with Crippen LogP contribution in [0.2, 0.25) is 0 Å². The Morgan fingerprint density at radius 1 is 1.14 bits per heavy atom. The van der Waals surface area contributed by atoms with Crippen molar-refractivity contribution in [2.75, 3.05) is 0 Å². The SMILES string of the molecule is CC[C@]1(c2ccccc2)NC(=O)N(NC(=O)CCc2nc3ccccc3s2)C1=O. The predicted octanol–water partition coefficient (Wildman–Crippen LogP) is 3.12. The second-order valence-electron chi connectivity index (χ2n) is 6.81. The van der Waals surface area contributed by atoms with Gasteiger partial charge in [0.15, 0.2) is 0 Å². The van der Waals surface area contributed by atoms with E-state index in [9.17, 15) is 14.4 Å². The summed E-state index contributed by atoms with van der Waals surface area (Å²) in [5, 5.41) is 4.37. The Balaban J connectivity index is 1.44. The molecule has 1 fully saturated rings. The lowest BCUT2D eigenvalue weighted by Gasteiger charge is -2.25. The number of urea groups is 1. The first-order chi connectivity index (χ1) is 14.0. The van der Waals surface area contributed by atoms with Crippen molar-refractivity contribution in [3.8, 4) is 0 Å². The summed E-state index contributed by atoms with van der Waals surface area (Å²) in [6.07, 6.45) is 0.938. The average Bonchev–Trinajstić information content (AvgIpc) is 3.27. The minimum absolute atomic E-state index is 0.126. The molecule has 8 heteroatoms. The smallest absolute Gasteiger partial charge is 0.318 e. The standard InChI is InChI=1S/C21H20N4O3S/c1-2-21(14-8-4-3-5-9-14)19(27)25(20(28)23-21)24-17(26)12-13-18-22-15-10-6-7-11-16(15)29-18/h3-11H,2,12-13H2,1H3,(H,23,28)(H,24,26)/t21-/m1/s1. The first kappa shape index (κ1) is 19.1. The van der Waals surface area contributed by atoms with Gasteiger partial charge in [-0.05, 0) is 24.1 Å². The number of carbonyl (C=O) groups is 3. The molecule has 0 bridgehead atoms. The van der Waals surface area contributed by atoms with E-state index in [1.807, 2.05) is 49.4 Å². The van der Waals surface area contributed by atoms with E-state index in [1.165, 1.54) is 11.3 Å². The van der Waals surface area contributed by atoms with Gasteiger partial charge in [-0.25, -0.2) is 9.78 Å². The van der Waals surface area contributed by atoms with E-state index in [2.05, 4.69) is 15.7 Å². The van der Waals surface area contributed by atoms with E-state index in [0.29, 0.717) is 18.4 Å². The first-order valence-corrected chi connectivity index (χ1v) is 10.2. The topological polar surface area (TPSA) is 91.4 Å². The van der Waals surface area contributed by atoms with Crippen LogP contribution in [0.15, 0.2) is 54.6 Å². The van der Waals surface area contributed by atoms with Crippen molar-refractivity contribution in [1.82, 2.24) is 20.7 Å². The van der Waals surface area contributed by atoms with Gasteiger partial charge < -0.3 is 5.32 Å². The fourth-order valence-corrected chi connectivity index (χ4v) is 4.43. The lowest BCUT2D eigenvalue weighted by atomic mass is 9.87. The lowest BCUT2D eigenvalue weighted by molar-refractivity contribution is -0.139. The van der Waals surface area contributed by atoms with E-state index in [0.717, 1.165) is 20.2 Å². The van der Waals surface area contributed by atoms with Crippen LogP contribution in [-0.4, -0.2) is 27.8 Å². The van der Waals surface area contributed by atoms with Crippen LogP contribution in [0.1, 0.15) is 30.3 Å². The monoisotopic (exact) mass is 408 g/mol. The van der Waals surface area contributed by atoms with Gasteiger partial charge in [0.25, 0.3) is 5.91 Å². The third-order valence-corrected chi connectivity index (χ3v) is 6.13. The van der Waals surface area contributed by atoms with Crippen LogP contribution in [0.5, 0.6) is 0 Å². The normalized spacial score (nSPS) is 18.9. The van der Waals surface area contributed by atoms with Crippen molar-refractivity contribution in [3.63, 3.8) is 0 Å². The van der Waals surface area contributed by atoms with Crippen molar-refractivity contribution in [2.24, 2.45) is 0 Å². The summed E-state index contributed by atoms with van der Waals surface area (Å²) >= 11 is 1.53. The number of benzene rings is 2. The molecule has 7 nitrogen and oxygen atoms in total. The van der Waals surface area contributed by atoms with Crippen molar-refractivity contribution in [3.05, 3.63) is 65.2 Å². The molecule has 0 spiro atoms. The molecule has 4 rings (SSSR count). The molecule has 1 aliphatic rings. The number of nitrogens with one attached hydrogen (secondary N) is 2. The highest BCUT2D eigenvalue weighted by Gasteiger charge is 2.52. The van der Waals surface area contributed by atoms with E-state index in [1.54, 1.807) is 12.1 Å².